The summed E-state index contributed by atoms with van der Waals surface area (Å²) in [5.74, 6) is 2.16. The first-order chi connectivity index (χ1) is 9.65. The molecule has 3 heteroatoms. The SMILES string of the molecule is CCC(C)c1ccccc1Oc1ccc(CBr)c(Cl)c1. The first-order valence-electron chi connectivity index (χ1n) is 6.76. The standard InChI is InChI=1S/C17H18BrClO/c1-3-12(2)15-6-4-5-7-17(15)20-14-9-8-13(11-18)16(19)10-14/h4-10,12H,3,11H2,1-2H3. The van der Waals surface area contributed by atoms with Crippen molar-refractivity contribution < 1.29 is 4.74 Å². The molecule has 0 saturated carbocycles. The molecule has 1 atom stereocenters. The van der Waals surface area contributed by atoms with Gasteiger partial charge in [-0.05, 0) is 41.7 Å². The zero-order chi connectivity index (χ0) is 14.5. The summed E-state index contributed by atoms with van der Waals surface area (Å²) in [4.78, 5) is 0. The van der Waals surface area contributed by atoms with E-state index in [1.807, 2.05) is 30.3 Å². The first kappa shape index (κ1) is 15.4. The summed E-state index contributed by atoms with van der Waals surface area (Å²) in [6.07, 6.45) is 1.09. The van der Waals surface area contributed by atoms with Crippen LogP contribution in [0.1, 0.15) is 37.3 Å². The Kier molecular flexibility index (Phi) is 5.50. The van der Waals surface area contributed by atoms with Crippen molar-refractivity contribution in [1.82, 2.24) is 0 Å². The highest BCUT2D eigenvalue weighted by molar-refractivity contribution is 9.08. The third-order valence-corrected chi connectivity index (χ3v) is 4.41. The molecule has 106 valence electrons. The van der Waals surface area contributed by atoms with E-state index in [4.69, 9.17) is 16.3 Å². The van der Waals surface area contributed by atoms with E-state index in [1.165, 1.54) is 5.56 Å². The average molecular weight is 354 g/mol. The van der Waals surface area contributed by atoms with Crippen LogP contribution in [0.2, 0.25) is 5.02 Å². The van der Waals surface area contributed by atoms with Crippen LogP contribution in [-0.4, -0.2) is 0 Å². The Morgan fingerprint density at radius 3 is 2.60 bits per heavy atom. The van der Waals surface area contributed by atoms with E-state index >= 15 is 0 Å². The third kappa shape index (κ3) is 3.56. The van der Waals surface area contributed by atoms with Gasteiger partial charge in [-0.15, -0.1) is 0 Å². The number of halogens is 2. The molecule has 0 aliphatic rings. The maximum Gasteiger partial charge on any atom is 0.130 e. The van der Waals surface area contributed by atoms with Crippen LogP contribution in [0.3, 0.4) is 0 Å². The van der Waals surface area contributed by atoms with E-state index in [9.17, 15) is 0 Å². The maximum absolute atomic E-state index is 6.22. The predicted octanol–water partition coefficient (Wildman–Crippen LogP) is 6.54. The maximum atomic E-state index is 6.22. The highest BCUT2D eigenvalue weighted by atomic mass is 79.9. The highest BCUT2D eigenvalue weighted by Crippen LogP contribution is 2.33. The van der Waals surface area contributed by atoms with Crippen molar-refractivity contribution in [3.8, 4) is 11.5 Å². The second kappa shape index (κ2) is 7.14. The number of rotatable bonds is 5. The Morgan fingerprint density at radius 2 is 1.95 bits per heavy atom. The minimum Gasteiger partial charge on any atom is -0.457 e. The summed E-state index contributed by atoms with van der Waals surface area (Å²) in [6.45, 7) is 4.40. The number of hydrogen-bond acceptors (Lipinski definition) is 1. The lowest BCUT2D eigenvalue weighted by atomic mass is 9.98. The molecule has 1 unspecified atom stereocenters. The van der Waals surface area contributed by atoms with Crippen molar-refractivity contribution in [1.29, 1.82) is 0 Å². The van der Waals surface area contributed by atoms with Gasteiger partial charge in [0.15, 0.2) is 0 Å². The van der Waals surface area contributed by atoms with Crippen LogP contribution in [0, 0.1) is 0 Å². The second-order valence-electron chi connectivity index (χ2n) is 4.84. The van der Waals surface area contributed by atoms with Gasteiger partial charge >= 0.3 is 0 Å². The van der Waals surface area contributed by atoms with Gasteiger partial charge in [0.2, 0.25) is 0 Å². The zero-order valence-electron chi connectivity index (χ0n) is 11.7. The predicted molar refractivity (Wildman–Crippen MR) is 89.3 cm³/mol. The van der Waals surface area contributed by atoms with E-state index < -0.39 is 0 Å². The zero-order valence-corrected chi connectivity index (χ0v) is 14.0. The van der Waals surface area contributed by atoms with Crippen LogP contribution in [0.15, 0.2) is 42.5 Å². The van der Waals surface area contributed by atoms with E-state index in [1.54, 1.807) is 0 Å². The molecular weight excluding hydrogens is 336 g/mol. The molecule has 0 bridgehead atoms. The fourth-order valence-corrected chi connectivity index (χ4v) is 2.92. The molecular formula is C17H18BrClO. The van der Waals surface area contributed by atoms with Crippen LogP contribution in [0.25, 0.3) is 0 Å². The molecule has 0 aromatic heterocycles. The Balaban J connectivity index is 2.28. The van der Waals surface area contributed by atoms with Crippen molar-refractivity contribution in [3.63, 3.8) is 0 Å². The Hall–Kier alpha value is -0.990. The van der Waals surface area contributed by atoms with Gasteiger partial charge in [-0.3, -0.25) is 0 Å². The van der Waals surface area contributed by atoms with E-state index in [0.717, 1.165) is 33.8 Å². The Morgan fingerprint density at radius 1 is 1.20 bits per heavy atom. The number of ether oxygens (including phenoxy) is 1. The lowest BCUT2D eigenvalue weighted by Gasteiger charge is -2.15. The molecule has 2 rings (SSSR count). The van der Waals surface area contributed by atoms with Gasteiger partial charge in [-0.1, -0.05) is 65.6 Å². The van der Waals surface area contributed by atoms with Gasteiger partial charge in [-0.25, -0.2) is 0 Å². The summed E-state index contributed by atoms with van der Waals surface area (Å²) in [7, 11) is 0. The second-order valence-corrected chi connectivity index (χ2v) is 5.80. The lowest BCUT2D eigenvalue weighted by Crippen LogP contribution is -1.96. The van der Waals surface area contributed by atoms with Crippen molar-refractivity contribution in [2.75, 3.05) is 0 Å². The summed E-state index contributed by atoms with van der Waals surface area (Å²) in [5.41, 5.74) is 2.30. The summed E-state index contributed by atoms with van der Waals surface area (Å²) >= 11 is 9.63. The van der Waals surface area contributed by atoms with Crippen LogP contribution in [0.4, 0.5) is 0 Å². The number of hydrogen-bond donors (Lipinski definition) is 0. The molecule has 0 amide bonds. The van der Waals surface area contributed by atoms with Gasteiger partial charge in [0, 0.05) is 10.4 Å². The van der Waals surface area contributed by atoms with Gasteiger partial charge in [0.05, 0.1) is 0 Å². The molecule has 0 heterocycles. The summed E-state index contributed by atoms with van der Waals surface area (Å²) in [5, 5.41) is 1.47. The average Bonchev–Trinajstić information content (AvgIpc) is 2.47. The molecule has 0 saturated heterocycles. The van der Waals surface area contributed by atoms with E-state index in [0.29, 0.717) is 5.92 Å². The molecule has 0 spiro atoms. The fourth-order valence-electron chi connectivity index (χ4n) is 2.03. The normalized spacial score (nSPS) is 12.2. The number of alkyl halides is 1. The molecule has 0 radical (unpaired) electrons. The fraction of sp³-hybridized carbons (Fsp3) is 0.294. The molecule has 2 aromatic rings. The molecule has 20 heavy (non-hydrogen) atoms. The Labute approximate surface area is 134 Å². The Bertz CT molecular complexity index is 583. The van der Waals surface area contributed by atoms with Crippen LogP contribution in [-0.2, 0) is 5.33 Å². The van der Waals surface area contributed by atoms with Crippen molar-refractivity contribution in [2.24, 2.45) is 0 Å². The topological polar surface area (TPSA) is 9.23 Å². The smallest absolute Gasteiger partial charge is 0.130 e. The van der Waals surface area contributed by atoms with E-state index in [-0.39, 0.29) is 0 Å². The monoisotopic (exact) mass is 352 g/mol. The minimum absolute atomic E-state index is 0.475. The molecule has 2 aromatic carbocycles. The van der Waals surface area contributed by atoms with Crippen molar-refractivity contribution in [2.45, 2.75) is 31.5 Å². The van der Waals surface area contributed by atoms with Crippen molar-refractivity contribution >= 4 is 27.5 Å². The van der Waals surface area contributed by atoms with Crippen LogP contribution < -0.4 is 4.74 Å². The number of benzene rings is 2. The van der Waals surface area contributed by atoms with Crippen molar-refractivity contribution in [3.05, 3.63) is 58.6 Å². The molecule has 0 aliphatic heterocycles. The quantitative estimate of drug-likeness (QED) is 0.554. The first-order valence-corrected chi connectivity index (χ1v) is 8.26. The largest absolute Gasteiger partial charge is 0.457 e. The summed E-state index contributed by atoms with van der Waals surface area (Å²) < 4.78 is 6.01. The molecule has 0 fully saturated rings. The van der Waals surface area contributed by atoms with Crippen LogP contribution in [0.5, 0.6) is 11.5 Å². The van der Waals surface area contributed by atoms with E-state index in [2.05, 4.69) is 41.9 Å². The van der Waals surface area contributed by atoms with Gasteiger partial charge in [-0.2, -0.15) is 0 Å². The highest BCUT2D eigenvalue weighted by Gasteiger charge is 2.11. The molecule has 0 aliphatic carbocycles. The minimum atomic E-state index is 0.475. The van der Waals surface area contributed by atoms with Gasteiger partial charge in [0.1, 0.15) is 11.5 Å². The lowest BCUT2D eigenvalue weighted by molar-refractivity contribution is 0.470. The van der Waals surface area contributed by atoms with Gasteiger partial charge < -0.3 is 4.74 Å². The summed E-state index contributed by atoms with van der Waals surface area (Å²) in [6, 6.07) is 14.0. The van der Waals surface area contributed by atoms with Gasteiger partial charge in [0.25, 0.3) is 0 Å². The van der Waals surface area contributed by atoms with Crippen LogP contribution >= 0.6 is 27.5 Å². The molecule has 1 nitrogen and oxygen atoms in total. The number of para-hydroxylation sites is 1. The molecule has 0 N–H and O–H groups in total. The third-order valence-electron chi connectivity index (χ3n) is 3.46.